The highest BCUT2D eigenvalue weighted by atomic mass is 19.4. The first-order valence-electron chi connectivity index (χ1n) is 5.64. The van der Waals surface area contributed by atoms with E-state index in [2.05, 4.69) is 0 Å². The largest absolute Gasteiger partial charge is 0.416 e. The van der Waals surface area contributed by atoms with E-state index in [4.69, 9.17) is 4.74 Å². The van der Waals surface area contributed by atoms with E-state index >= 15 is 0 Å². The Bertz CT molecular complexity index is 345. The fraction of sp³-hybridized carbons (Fsp3) is 0.538. The lowest BCUT2D eigenvalue weighted by molar-refractivity contribution is -0.138. The van der Waals surface area contributed by atoms with Crippen molar-refractivity contribution in [3.63, 3.8) is 0 Å². The number of alkyl halides is 3. The molecule has 0 aliphatic carbocycles. The molecule has 0 spiro atoms. The van der Waals surface area contributed by atoms with Crippen molar-refractivity contribution in [3.8, 4) is 0 Å². The first-order valence-corrected chi connectivity index (χ1v) is 5.64. The maximum Gasteiger partial charge on any atom is 0.416 e. The van der Waals surface area contributed by atoms with Crippen LogP contribution in [0.4, 0.5) is 13.2 Å². The van der Waals surface area contributed by atoms with Crippen molar-refractivity contribution in [1.82, 2.24) is 0 Å². The third kappa shape index (κ3) is 4.77. The average molecular weight is 246 g/mol. The van der Waals surface area contributed by atoms with Crippen LogP contribution in [0.25, 0.3) is 0 Å². The van der Waals surface area contributed by atoms with Gasteiger partial charge in [0.15, 0.2) is 0 Å². The van der Waals surface area contributed by atoms with Crippen LogP contribution in [0.2, 0.25) is 0 Å². The lowest BCUT2D eigenvalue weighted by atomic mass is 10.1. The van der Waals surface area contributed by atoms with Crippen molar-refractivity contribution in [3.05, 3.63) is 35.4 Å². The van der Waals surface area contributed by atoms with Gasteiger partial charge in [-0.3, -0.25) is 0 Å². The number of hydrogen-bond acceptors (Lipinski definition) is 1. The molecule has 0 heterocycles. The topological polar surface area (TPSA) is 9.23 Å². The lowest BCUT2D eigenvalue weighted by Crippen LogP contribution is -2.10. The quantitative estimate of drug-likeness (QED) is 0.705. The van der Waals surface area contributed by atoms with Crippen molar-refractivity contribution < 1.29 is 17.9 Å². The summed E-state index contributed by atoms with van der Waals surface area (Å²) in [5.41, 5.74) is -0.409. The van der Waals surface area contributed by atoms with Crippen LogP contribution >= 0.6 is 0 Å². The Kier molecular flexibility index (Phi) is 5.00. The molecule has 0 amide bonds. The Hall–Kier alpha value is -1.03. The Morgan fingerprint density at radius 1 is 1.18 bits per heavy atom. The standard InChI is InChI=1S/C13H17F3O/c1-10(2)7-8-17-9-11-5-3-4-6-12(11)13(14,15)16/h3-6,10H,7-9H2,1-2H3. The minimum Gasteiger partial charge on any atom is -0.377 e. The fourth-order valence-corrected chi connectivity index (χ4v) is 1.42. The number of rotatable bonds is 5. The van der Waals surface area contributed by atoms with Crippen LogP contribution in [0.1, 0.15) is 31.4 Å². The Morgan fingerprint density at radius 2 is 1.82 bits per heavy atom. The Labute approximate surface area is 99.6 Å². The van der Waals surface area contributed by atoms with E-state index in [-0.39, 0.29) is 12.2 Å². The van der Waals surface area contributed by atoms with Gasteiger partial charge in [0.25, 0.3) is 0 Å². The van der Waals surface area contributed by atoms with Crippen LogP contribution in [-0.2, 0) is 17.5 Å². The molecular weight excluding hydrogens is 229 g/mol. The van der Waals surface area contributed by atoms with Gasteiger partial charge in [0.05, 0.1) is 12.2 Å². The van der Waals surface area contributed by atoms with Crippen LogP contribution in [-0.4, -0.2) is 6.61 Å². The first kappa shape index (κ1) is 14.0. The van der Waals surface area contributed by atoms with Crippen LogP contribution in [0.5, 0.6) is 0 Å². The molecule has 0 aliphatic heterocycles. The zero-order valence-electron chi connectivity index (χ0n) is 10.1. The molecule has 1 aromatic rings. The Morgan fingerprint density at radius 3 is 2.41 bits per heavy atom. The zero-order chi connectivity index (χ0) is 12.9. The zero-order valence-corrected chi connectivity index (χ0v) is 10.1. The second kappa shape index (κ2) is 6.05. The summed E-state index contributed by atoms with van der Waals surface area (Å²) in [6.45, 7) is 4.60. The summed E-state index contributed by atoms with van der Waals surface area (Å²) in [7, 11) is 0. The van der Waals surface area contributed by atoms with E-state index < -0.39 is 11.7 Å². The van der Waals surface area contributed by atoms with Gasteiger partial charge in [-0.05, 0) is 24.0 Å². The van der Waals surface area contributed by atoms with Crippen LogP contribution < -0.4 is 0 Å². The van der Waals surface area contributed by atoms with Gasteiger partial charge in [0.1, 0.15) is 0 Å². The van der Waals surface area contributed by atoms with Gasteiger partial charge in [0, 0.05) is 6.61 Å². The van der Waals surface area contributed by atoms with Gasteiger partial charge >= 0.3 is 6.18 Å². The third-order valence-corrected chi connectivity index (χ3v) is 2.42. The minimum absolute atomic E-state index is 0.0163. The lowest BCUT2D eigenvalue weighted by Gasteiger charge is -2.13. The molecule has 0 N–H and O–H groups in total. The molecule has 0 bridgehead atoms. The van der Waals surface area contributed by atoms with Crippen LogP contribution in [0, 0.1) is 5.92 Å². The summed E-state index contributed by atoms with van der Waals surface area (Å²) in [5, 5.41) is 0. The average Bonchev–Trinajstić information content (AvgIpc) is 2.23. The Balaban J connectivity index is 2.59. The second-order valence-corrected chi connectivity index (χ2v) is 4.39. The summed E-state index contributed by atoms with van der Waals surface area (Å²) in [4.78, 5) is 0. The normalized spacial score (nSPS) is 12.1. The van der Waals surface area contributed by atoms with E-state index in [9.17, 15) is 13.2 Å². The number of halogens is 3. The molecule has 1 nitrogen and oxygen atoms in total. The van der Waals surface area contributed by atoms with E-state index in [1.165, 1.54) is 12.1 Å². The minimum atomic E-state index is -4.31. The molecule has 0 saturated heterocycles. The first-order chi connectivity index (χ1) is 7.91. The second-order valence-electron chi connectivity index (χ2n) is 4.39. The van der Waals surface area contributed by atoms with Gasteiger partial charge in [-0.15, -0.1) is 0 Å². The molecule has 1 rings (SSSR count). The molecule has 0 saturated carbocycles. The number of ether oxygens (including phenoxy) is 1. The van der Waals surface area contributed by atoms with Crippen molar-refractivity contribution in [1.29, 1.82) is 0 Å². The predicted molar refractivity (Wildman–Crippen MR) is 60.6 cm³/mol. The van der Waals surface area contributed by atoms with Crippen LogP contribution in [0.15, 0.2) is 24.3 Å². The monoisotopic (exact) mass is 246 g/mol. The van der Waals surface area contributed by atoms with Crippen molar-refractivity contribution >= 4 is 0 Å². The van der Waals surface area contributed by atoms with Crippen molar-refractivity contribution in [2.75, 3.05) is 6.61 Å². The van der Waals surface area contributed by atoms with Crippen molar-refractivity contribution in [2.24, 2.45) is 5.92 Å². The highest BCUT2D eigenvalue weighted by Crippen LogP contribution is 2.32. The van der Waals surface area contributed by atoms with Crippen molar-refractivity contribution in [2.45, 2.75) is 33.1 Å². The van der Waals surface area contributed by atoms with E-state index in [1.54, 1.807) is 6.07 Å². The van der Waals surface area contributed by atoms with Gasteiger partial charge in [-0.2, -0.15) is 13.2 Å². The molecule has 1 aromatic carbocycles. The molecular formula is C13H17F3O. The highest BCUT2D eigenvalue weighted by Gasteiger charge is 2.32. The molecule has 0 fully saturated rings. The van der Waals surface area contributed by atoms with Gasteiger partial charge in [-0.1, -0.05) is 32.0 Å². The molecule has 0 unspecified atom stereocenters. The van der Waals surface area contributed by atoms with Gasteiger partial charge < -0.3 is 4.74 Å². The van der Waals surface area contributed by atoms with Gasteiger partial charge in [0.2, 0.25) is 0 Å². The summed E-state index contributed by atoms with van der Waals surface area (Å²) in [6.07, 6.45) is -3.45. The molecule has 4 heteroatoms. The predicted octanol–water partition coefficient (Wildman–Crippen LogP) is 4.27. The molecule has 0 atom stereocenters. The molecule has 0 aliphatic rings. The van der Waals surface area contributed by atoms with E-state index in [1.807, 2.05) is 13.8 Å². The molecule has 96 valence electrons. The summed E-state index contributed by atoms with van der Waals surface area (Å²) in [5.74, 6) is 0.493. The number of hydrogen-bond donors (Lipinski definition) is 0. The summed E-state index contributed by atoms with van der Waals surface area (Å²) >= 11 is 0. The third-order valence-electron chi connectivity index (χ3n) is 2.42. The summed E-state index contributed by atoms with van der Waals surface area (Å²) < 4.78 is 43.2. The molecule has 0 aromatic heterocycles. The molecule has 0 radical (unpaired) electrons. The SMILES string of the molecule is CC(C)CCOCc1ccccc1C(F)(F)F. The van der Waals surface area contributed by atoms with Crippen LogP contribution in [0.3, 0.4) is 0 Å². The maximum atomic E-state index is 12.6. The summed E-state index contributed by atoms with van der Waals surface area (Å²) in [6, 6.07) is 5.52. The number of benzene rings is 1. The van der Waals surface area contributed by atoms with E-state index in [0.717, 1.165) is 12.5 Å². The highest BCUT2D eigenvalue weighted by molar-refractivity contribution is 5.28. The van der Waals surface area contributed by atoms with E-state index in [0.29, 0.717) is 12.5 Å². The van der Waals surface area contributed by atoms with Gasteiger partial charge in [-0.25, -0.2) is 0 Å². The molecule has 17 heavy (non-hydrogen) atoms. The maximum absolute atomic E-state index is 12.6. The fourth-order valence-electron chi connectivity index (χ4n) is 1.42. The smallest absolute Gasteiger partial charge is 0.377 e.